The molecular weight excluding hydrogens is 438 g/mol. The number of aromatic nitrogens is 4. The third kappa shape index (κ3) is 4.30. The summed E-state index contributed by atoms with van der Waals surface area (Å²) in [5, 5.41) is 13.1. The second-order valence-electron chi connectivity index (χ2n) is 6.89. The van der Waals surface area contributed by atoms with Crippen LogP contribution >= 0.6 is 34.4 Å². The van der Waals surface area contributed by atoms with Crippen molar-refractivity contribution in [1.29, 1.82) is 0 Å². The van der Waals surface area contributed by atoms with Crippen LogP contribution in [0, 0.1) is 6.92 Å². The number of hydrogen-bond acceptors (Lipinski definition) is 8. The number of nitrogens with zero attached hydrogens (tertiary/aromatic N) is 3. The normalized spacial score (nSPS) is 11.3. The minimum absolute atomic E-state index is 0.112. The Morgan fingerprint density at radius 1 is 1.20 bits per heavy atom. The Morgan fingerprint density at radius 2 is 1.97 bits per heavy atom. The zero-order valence-electron chi connectivity index (χ0n) is 16.6. The van der Waals surface area contributed by atoms with E-state index in [4.69, 9.17) is 0 Å². The molecule has 0 saturated carbocycles. The van der Waals surface area contributed by atoms with Crippen molar-refractivity contribution >= 4 is 55.7 Å². The molecule has 0 aliphatic rings. The van der Waals surface area contributed by atoms with E-state index < -0.39 is 0 Å². The van der Waals surface area contributed by atoms with Gasteiger partial charge in [0.15, 0.2) is 5.16 Å². The van der Waals surface area contributed by atoms with E-state index in [1.165, 1.54) is 34.4 Å². The second kappa shape index (κ2) is 8.66. The van der Waals surface area contributed by atoms with E-state index in [0.717, 1.165) is 21.0 Å². The molecular formula is C20H19N5O2S3. The van der Waals surface area contributed by atoms with Crippen molar-refractivity contribution in [2.45, 2.75) is 31.8 Å². The largest absolute Gasteiger partial charge is 0.301 e. The molecule has 3 heterocycles. The number of anilines is 1. The van der Waals surface area contributed by atoms with Crippen LogP contribution in [-0.2, 0) is 4.79 Å². The maximum absolute atomic E-state index is 12.8. The van der Waals surface area contributed by atoms with Crippen molar-refractivity contribution in [1.82, 2.24) is 20.2 Å². The topological polar surface area (TPSA) is 101 Å². The number of fused-ring (bicyclic) bond motifs is 1. The van der Waals surface area contributed by atoms with Crippen molar-refractivity contribution in [3.63, 3.8) is 0 Å². The molecule has 10 heteroatoms. The van der Waals surface area contributed by atoms with Crippen LogP contribution in [0.25, 0.3) is 21.3 Å². The zero-order chi connectivity index (χ0) is 21.3. The zero-order valence-corrected chi connectivity index (χ0v) is 19.0. The lowest BCUT2D eigenvalue weighted by Gasteiger charge is -2.03. The minimum Gasteiger partial charge on any atom is -0.301 e. The number of H-pyrrole nitrogens is 1. The predicted molar refractivity (Wildman–Crippen MR) is 124 cm³/mol. The lowest BCUT2D eigenvalue weighted by Crippen LogP contribution is -2.15. The fourth-order valence-electron chi connectivity index (χ4n) is 2.93. The molecule has 0 radical (unpaired) electrons. The van der Waals surface area contributed by atoms with E-state index >= 15 is 0 Å². The molecule has 3 aromatic heterocycles. The molecule has 0 aliphatic heterocycles. The average molecular weight is 458 g/mol. The van der Waals surface area contributed by atoms with Gasteiger partial charge in [0.05, 0.1) is 11.1 Å². The van der Waals surface area contributed by atoms with Gasteiger partial charge < -0.3 is 4.98 Å². The van der Waals surface area contributed by atoms with E-state index in [0.29, 0.717) is 20.5 Å². The molecule has 1 aromatic carbocycles. The lowest BCUT2D eigenvalue weighted by atomic mass is 10.0. The molecule has 4 aromatic rings. The summed E-state index contributed by atoms with van der Waals surface area (Å²) in [6.07, 6.45) is 0. The Hall–Kier alpha value is -2.56. The number of carbonyl (C=O) groups is 1. The fourth-order valence-corrected chi connectivity index (χ4v) is 5.45. The summed E-state index contributed by atoms with van der Waals surface area (Å²) in [5.74, 6) is 0.154. The molecule has 0 bridgehead atoms. The van der Waals surface area contributed by atoms with Crippen molar-refractivity contribution in [3.8, 4) is 11.1 Å². The number of aryl methyl sites for hydroxylation is 1. The van der Waals surface area contributed by atoms with Crippen molar-refractivity contribution in [3.05, 3.63) is 50.6 Å². The van der Waals surface area contributed by atoms with E-state index in [9.17, 15) is 9.59 Å². The van der Waals surface area contributed by atoms with Gasteiger partial charge in [0.1, 0.15) is 9.84 Å². The number of hydrogen-bond donors (Lipinski definition) is 2. The van der Waals surface area contributed by atoms with Gasteiger partial charge in [0.25, 0.3) is 5.56 Å². The molecule has 0 aliphatic carbocycles. The maximum Gasteiger partial charge on any atom is 0.260 e. The van der Waals surface area contributed by atoms with E-state index in [-0.39, 0.29) is 23.1 Å². The molecule has 0 unspecified atom stereocenters. The standard InChI is InChI=1S/C20H19N5O2S3/c1-10(2)17-24-25-20(30-17)21-13(26)9-28-19-22-16(27)15-14(11(3)29-18(15)23-19)12-7-5-4-6-8-12/h4-8,10H,9H2,1-3H3,(H,21,25,26)(H,22,23,27). The van der Waals surface area contributed by atoms with Gasteiger partial charge >= 0.3 is 0 Å². The summed E-state index contributed by atoms with van der Waals surface area (Å²) in [6, 6.07) is 9.81. The van der Waals surface area contributed by atoms with E-state index in [2.05, 4.69) is 25.5 Å². The number of nitrogens with one attached hydrogen (secondary N) is 2. The number of amides is 1. The quantitative estimate of drug-likeness (QED) is 0.322. The van der Waals surface area contributed by atoms with Crippen molar-refractivity contribution in [2.75, 3.05) is 11.1 Å². The Morgan fingerprint density at radius 3 is 2.67 bits per heavy atom. The number of carbonyl (C=O) groups excluding carboxylic acids is 1. The first-order chi connectivity index (χ1) is 14.4. The lowest BCUT2D eigenvalue weighted by molar-refractivity contribution is -0.113. The highest BCUT2D eigenvalue weighted by atomic mass is 32.2. The Balaban J connectivity index is 1.51. The van der Waals surface area contributed by atoms with Crippen LogP contribution < -0.4 is 10.9 Å². The van der Waals surface area contributed by atoms with Gasteiger partial charge in [-0.1, -0.05) is 67.3 Å². The second-order valence-corrected chi connectivity index (χ2v) is 10.1. The van der Waals surface area contributed by atoms with Gasteiger partial charge in [-0.2, -0.15) is 0 Å². The molecule has 7 nitrogen and oxygen atoms in total. The third-order valence-electron chi connectivity index (χ3n) is 4.30. The van der Waals surface area contributed by atoms with Crippen LogP contribution in [0.15, 0.2) is 40.3 Å². The maximum atomic E-state index is 12.8. The summed E-state index contributed by atoms with van der Waals surface area (Å²) in [4.78, 5) is 34.1. The summed E-state index contributed by atoms with van der Waals surface area (Å²) in [5.41, 5.74) is 1.71. The van der Waals surface area contributed by atoms with Crippen molar-refractivity contribution in [2.24, 2.45) is 0 Å². The van der Waals surface area contributed by atoms with Crippen LogP contribution in [0.3, 0.4) is 0 Å². The molecule has 0 spiro atoms. The minimum atomic E-state index is -0.221. The summed E-state index contributed by atoms with van der Waals surface area (Å²) >= 11 is 4.03. The summed E-state index contributed by atoms with van der Waals surface area (Å²) in [6.45, 7) is 6.03. The van der Waals surface area contributed by atoms with Crippen LogP contribution in [0.2, 0.25) is 0 Å². The SMILES string of the molecule is Cc1sc2nc(SCC(=O)Nc3nnc(C(C)C)s3)[nH]c(=O)c2c1-c1ccccc1. The number of thioether (sulfide) groups is 1. The molecule has 0 fully saturated rings. The molecule has 1 amide bonds. The van der Waals surface area contributed by atoms with Gasteiger partial charge in [0.2, 0.25) is 11.0 Å². The van der Waals surface area contributed by atoms with Crippen molar-refractivity contribution < 1.29 is 4.79 Å². The van der Waals surface area contributed by atoms with Gasteiger partial charge in [-0.25, -0.2) is 4.98 Å². The number of rotatable bonds is 6. The first-order valence-corrected chi connectivity index (χ1v) is 11.9. The van der Waals surface area contributed by atoms with Gasteiger partial charge in [0, 0.05) is 16.4 Å². The van der Waals surface area contributed by atoms with E-state index in [1.54, 1.807) is 0 Å². The van der Waals surface area contributed by atoms with E-state index in [1.807, 2.05) is 51.1 Å². The van der Waals surface area contributed by atoms with Crippen LogP contribution in [0.1, 0.15) is 29.7 Å². The molecule has 4 rings (SSSR count). The first kappa shape index (κ1) is 20.7. The molecule has 30 heavy (non-hydrogen) atoms. The number of benzene rings is 1. The summed E-state index contributed by atoms with van der Waals surface area (Å²) in [7, 11) is 0. The molecule has 154 valence electrons. The molecule has 2 N–H and O–H groups in total. The van der Waals surface area contributed by atoms with Crippen LogP contribution in [-0.4, -0.2) is 31.8 Å². The van der Waals surface area contributed by atoms with Crippen LogP contribution in [0.4, 0.5) is 5.13 Å². The highest BCUT2D eigenvalue weighted by Gasteiger charge is 2.17. The Bertz CT molecular complexity index is 1260. The highest BCUT2D eigenvalue weighted by Crippen LogP contribution is 2.35. The first-order valence-electron chi connectivity index (χ1n) is 9.27. The molecule has 0 atom stereocenters. The van der Waals surface area contributed by atoms with Gasteiger partial charge in [-0.15, -0.1) is 21.5 Å². The van der Waals surface area contributed by atoms with Crippen LogP contribution in [0.5, 0.6) is 0 Å². The predicted octanol–water partition coefficient (Wildman–Crippen LogP) is 4.67. The molecule has 0 saturated heterocycles. The highest BCUT2D eigenvalue weighted by molar-refractivity contribution is 7.99. The Kier molecular flexibility index (Phi) is 5.98. The van der Waals surface area contributed by atoms with Gasteiger partial charge in [-0.05, 0) is 12.5 Å². The number of thiophene rings is 1. The average Bonchev–Trinajstić information content (AvgIpc) is 3.31. The monoisotopic (exact) mass is 457 g/mol. The van der Waals surface area contributed by atoms with Gasteiger partial charge in [-0.3, -0.25) is 14.9 Å². The fraction of sp³-hybridized carbons (Fsp3) is 0.250. The number of aromatic amines is 1. The summed E-state index contributed by atoms with van der Waals surface area (Å²) < 4.78 is 0. The third-order valence-corrected chi connectivity index (χ3v) is 7.31. The Labute approximate surface area is 185 Å². The smallest absolute Gasteiger partial charge is 0.260 e.